The Labute approximate surface area is 321 Å². The van der Waals surface area contributed by atoms with Crippen LogP contribution in [-0.2, 0) is 41.4 Å². The number of benzene rings is 1. The van der Waals surface area contributed by atoms with Crippen molar-refractivity contribution in [2.24, 2.45) is 10.8 Å². The van der Waals surface area contributed by atoms with Crippen LogP contribution in [0.1, 0.15) is 100 Å². The van der Waals surface area contributed by atoms with Gasteiger partial charge in [-0.2, -0.15) is 18.3 Å². The van der Waals surface area contributed by atoms with Gasteiger partial charge in [0.15, 0.2) is 5.82 Å². The molecule has 1 aliphatic heterocycles. The van der Waals surface area contributed by atoms with E-state index in [9.17, 15) is 32.3 Å². The highest BCUT2D eigenvalue weighted by Crippen LogP contribution is 2.40. The number of rotatable bonds is 9. The van der Waals surface area contributed by atoms with Crippen molar-refractivity contribution in [1.29, 1.82) is 0 Å². The molecule has 5 rings (SSSR count). The van der Waals surface area contributed by atoms with E-state index in [-0.39, 0.29) is 5.56 Å². The summed E-state index contributed by atoms with van der Waals surface area (Å²) in [5.74, 6) is -4.69. The fraction of sp³-hybridized carbons (Fsp3) is 0.436. The molecule has 1 unspecified atom stereocenters. The number of aliphatic carboxylic acids is 2. The number of aromatic nitrogens is 6. The van der Waals surface area contributed by atoms with E-state index in [4.69, 9.17) is 19.7 Å². The van der Waals surface area contributed by atoms with Gasteiger partial charge >= 0.3 is 30.1 Å². The molecule has 14 nitrogen and oxygen atoms in total. The molecule has 300 valence electrons. The van der Waals surface area contributed by atoms with Gasteiger partial charge in [-0.25, -0.2) is 24.2 Å². The third kappa shape index (κ3) is 10.7. The molecule has 56 heavy (non-hydrogen) atoms. The van der Waals surface area contributed by atoms with Gasteiger partial charge in [-0.15, -0.1) is 0 Å². The summed E-state index contributed by atoms with van der Waals surface area (Å²) in [7, 11) is 0. The van der Waals surface area contributed by atoms with E-state index >= 15 is 0 Å². The summed E-state index contributed by atoms with van der Waals surface area (Å²) in [4.78, 5) is 59.4. The maximum atomic E-state index is 13.6. The van der Waals surface area contributed by atoms with Crippen LogP contribution in [0.2, 0.25) is 0 Å². The lowest BCUT2D eigenvalue weighted by molar-refractivity contribution is -0.193. The fourth-order valence-corrected chi connectivity index (χ4v) is 5.51. The Morgan fingerprint density at radius 1 is 0.857 bits per heavy atom. The number of fused-ring (bicyclic) bond motifs is 1. The second kappa shape index (κ2) is 16.9. The SMILES string of the molecule is CC(C)(C)C(=O)O[C@H](C(=O)O)[C@H](OC(=O)C(C)(C)C)C(=O)O.Cc1cn(-c2ccc(/C=C/c3nc4n(n3)CCCC4c3ccccc3C(F)(F)F)nc2C)cn1. The van der Waals surface area contributed by atoms with Crippen LogP contribution in [0.15, 0.2) is 48.9 Å². The zero-order valence-electron chi connectivity index (χ0n) is 32.3. The van der Waals surface area contributed by atoms with Gasteiger partial charge in [0.25, 0.3) is 0 Å². The van der Waals surface area contributed by atoms with Crippen LogP contribution in [0.3, 0.4) is 0 Å². The van der Waals surface area contributed by atoms with Gasteiger partial charge < -0.3 is 24.3 Å². The van der Waals surface area contributed by atoms with E-state index in [2.05, 4.69) is 20.1 Å². The lowest BCUT2D eigenvalue weighted by atomic mass is 9.88. The average molecular weight is 783 g/mol. The Morgan fingerprint density at radius 2 is 1.45 bits per heavy atom. The normalized spacial score (nSPS) is 15.6. The van der Waals surface area contributed by atoms with Crippen molar-refractivity contribution < 1.29 is 52.0 Å². The fourth-order valence-electron chi connectivity index (χ4n) is 5.51. The molecule has 1 aliphatic rings. The van der Waals surface area contributed by atoms with Gasteiger partial charge in [0, 0.05) is 18.7 Å². The lowest BCUT2D eigenvalue weighted by Gasteiger charge is -2.26. The minimum Gasteiger partial charge on any atom is -0.478 e. The van der Waals surface area contributed by atoms with Crippen molar-refractivity contribution in [3.05, 3.63) is 88.8 Å². The molecule has 1 aromatic carbocycles. The van der Waals surface area contributed by atoms with Gasteiger partial charge in [-0.1, -0.05) is 18.2 Å². The summed E-state index contributed by atoms with van der Waals surface area (Å²) in [5.41, 5.74) is 1.03. The molecule has 0 spiro atoms. The smallest absolute Gasteiger partial charge is 0.416 e. The number of carbonyl (C=O) groups is 4. The van der Waals surface area contributed by atoms with Crippen molar-refractivity contribution in [2.45, 2.75) is 99.1 Å². The Kier molecular flexibility index (Phi) is 12.9. The van der Waals surface area contributed by atoms with Crippen molar-refractivity contribution >= 4 is 36.0 Å². The van der Waals surface area contributed by atoms with E-state index in [1.165, 1.54) is 47.6 Å². The first-order valence-electron chi connectivity index (χ1n) is 17.6. The predicted molar refractivity (Wildman–Crippen MR) is 196 cm³/mol. The molecular weight excluding hydrogens is 737 g/mol. The highest BCUT2D eigenvalue weighted by Gasteiger charge is 2.44. The first kappa shape index (κ1) is 42.9. The molecule has 0 bridgehead atoms. The van der Waals surface area contributed by atoms with Gasteiger partial charge in [0.2, 0.25) is 12.2 Å². The summed E-state index contributed by atoms with van der Waals surface area (Å²) in [6.45, 7) is 13.4. The van der Waals surface area contributed by atoms with E-state index in [1.54, 1.807) is 29.2 Å². The Hall–Kier alpha value is -5.87. The molecule has 0 amide bonds. The van der Waals surface area contributed by atoms with Crippen molar-refractivity contribution in [1.82, 2.24) is 29.3 Å². The quantitative estimate of drug-likeness (QED) is 0.172. The van der Waals surface area contributed by atoms with E-state index in [0.29, 0.717) is 24.6 Å². The highest BCUT2D eigenvalue weighted by atomic mass is 19.4. The topological polar surface area (TPSA) is 189 Å². The van der Waals surface area contributed by atoms with Crippen LogP contribution < -0.4 is 0 Å². The third-order valence-electron chi connectivity index (χ3n) is 8.46. The van der Waals surface area contributed by atoms with Crippen LogP contribution >= 0.6 is 0 Å². The number of imidazole rings is 1. The molecule has 17 heteroatoms. The molecule has 0 radical (unpaired) electrons. The number of esters is 2. The first-order chi connectivity index (χ1) is 26.0. The number of pyridine rings is 1. The zero-order valence-corrected chi connectivity index (χ0v) is 32.3. The number of ether oxygens (including phenoxy) is 2. The van der Waals surface area contributed by atoms with E-state index in [0.717, 1.165) is 35.3 Å². The number of hydrogen-bond acceptors (Lipinski definition) is 10. The van der Waals surface area contributed by atoms with Crippen LogP contribution in [0.5, 0.6) is 0 Å². The van der Waals surface area contributed by atoms with Gasteiger partial charge in [0.1, 0.15) is 5.82 Å². The Balaban J connectivity index is 0.000000277. The van der Waals surface area contributed by atoms with Crippen molar-refractivity contribution in [3.8, 4) is 5.69 Å². The summed E-state index contributed by atoms with van der Waals surface area (Å²) in [5, 5.41) is 22.7. The van der Waals surface area contributed by atoms with Gasteiger partial charge in [-0.05, 0) is 104 Å². The van der Waals surface area contributed by atoms with Crippen LogP contribution in [0, 0.1) is 24.7 Å². The maximum Gasteiger partial charge on any atom is 0.416 e. The predicted octanol–water partition coefficient (Wildman–Crippen LogP) is 6.66. The number of carboxylic acid groups (broad SMARTS) is 2. The van der Waals surface area contributed by atoms with Crippen LogP contribution in [0.25, 0.3) is 17.8 Å². The number of halogens is 3. The molecule has 3 atom stereocenters. The first-order valence-corrected chi connectivity index (χ1v) is 17.6. The Morgan fingerprint density at radius 3 is 1.95 bits per heavy atom. The molecule has 3 aromatic heterocycles. The lowest BCUT2D eigenvalue weighted by Crippen LogP contribution is -2.48. The van der Waals surface area contributed by atoms with Gasteiger partial charge in [0.05, 0.1) is 45.5 Å². The second-order valence-corrected chi connectivity index (χ2v) is 15.3. The Bertz CT molecular complexity index is 2070. The number of nitrogens with zero attached hydrogens (tertiary/aromatic N) is 6. The third-order valence-corrected chi connectivity index (χ3v) is 8.46. The maximum absolute atomic E-state index is 13.6. The zero-order chi connectivity index (χ0) is 41.7. The second-order valence-electron chi connectivity index (χ2n) is 15.3. The van der Waals surface area contributed by atoms with Crippen LogP contribution in [-0.4, -0.2) is 75.6 Å². The number of carboxylic acids is 2. The molecule has 4 heterocycles. The molecule has 0 saturated carbocycles. The summed E-state index contributed by atoms with van der Waals surface area (Å²) in [6.07, 6.45) is -0.0689. The molecule has 0 fully saturated rings. The minimum atomic E-state index is -4.41. The number of aryl methyl sites for hydroxylation is 3. The van der Waals surface area contributed by atoms with Crippen molar-refractivity contribution in [2.75, 3.05) is 0 Å². The molecule has 0 aliphatic carbocycles. The van der Waals surface area contributed by atoms with E-state index < -0.39 is 64.6 Å². The minimum absolute atomic E-state index is 0.251. The van der Waals surface area contributed by atoms with Crippen molar-refractivity contribution in [3.63, 3.8) is 0 Å². The number of carbonyl (C=O) groups excluding carboxylic acids is 2. The molecular formula is C39H45F3N6O8. The average Bonchev–Trinajstić information content (AvgIpc) is 3.73. The largest absolute Gasteiger partial charge is 0.478 e. The molecule has 2 N–H and O–H groups in total. The number of hydrogen-bond donors (Lipinski definition) is 2. The molecule has 0 saturated heterocycles. The van der Waals surface area contributed by atoms with Gasteiger partial charge in [-0.3, -0.25) is 14.6 Å². The number of alkyl halides is 3. The van der Waals surface area contributed by atoms with E-state index in [1.807, 2.05) is 42.8 Å². The van der Waals surface area contributed by atoms with Crippen LogP contribution in [0.4, 0.5) is 13.2 Å². The monoisotopic (exact) mass is 782 g/mol. The standard InChI is InChI=1S/C25H23F3N6.C14H22O8/c1-16-14-33(15-29-16)22-11-9-18(30-17(22)2)10-12-23-31-24-20(7-5-13-34(24)32-23)19-6-3-4-8-21(19)25(26,27)28;1-13(2,3)11(19)21-7(9(15)16)8(10(17)18)22-12(20)14(4,5)6/h3-4,6,8-12,14-15,20H,5,7,13H2,1-2H3;7-8H,1-6H3,(H,15,16)(H,17,18)/b12-10+;/t;7-,8-/m.0/s1. The summed E-state index contributed by atoms with van der Waals surface area (Å²) < 4.78 is 53.9. The molecule has 4 aromatic rings. The summed E-state index contributed by atoms with van der Waals surface area (Å²) in [6, 6.07) is 9.61. The summed E-state index contributed by atoms with van der Waals surface area (Å²) >= 11 is 0. The highest BCUT2D eigenvalue weighted by molar-refractivity contribution is 5.89.